The number of carboxylic acids is 1. The summed E-state index contributed by atoms with van der Waals surface area (Å²) in [6.07, 6.45) is 4.47. The zero-order valence-electron chi connectivity index (χ0n) is 7.06. The molecule has 0 unspecified atom stereocenters. The number of aromatic carboxylic acids is 1. The third kappa shape index (κ3) is 2.68. The Morgan fingerprint density at radius 3 is 3.08 bits per heavy atom. The van der Waals surface area contributed by atoms with Gasteiger partial charge in [-0.2, -0.15) is 0 Å². The first-order valence-corrected chi connectivity index (χ1v) is 4.81. The lowest BCUT2D eigenvalue weighted by Gasteiger charge is -1.91. The van der Waals surface area contributed by atoms with Gasteiger partial charge in [-0.1, -0.05) is 6.08 Å². The van der Waals surface area contributed by atoms with E-state index in [0.29, 0.717) is 12.1 Å². The highest BCUT2D eigenvalue weighted by atomic mass is 32.1. The third-order valence-corrected chi connectivity index (χ3v) is 2.41. The largest absolute Gasteiger partial charge is 0.478 e. The zero-order valence-corrected chi connectivity index (χ0v) is 7.88. The van der Waals surface area contributed by atoms with E-state index in [1.807, 2.05) is 6.08 Å². The maximum atomic E-state index is 10.7. The normalized spacial score (nSPS) is 10.8. The molecule has 0 radical (unpaired) electrons. The predicted molar refractivity (Wildman–Crippen MR) is 54.0 cm³/mol. The Kier molecular flexibility index (Phi) is 3.67. The molecule has 1 aromatic rings. The van der Waals surface area contributed by atoms with Gasteiger partial charge in [-0.25, -0.2) is 4.79 Å². The summed E-state index contributed by atoms with van der Waals surface area (Å²) in [5, 5.41) is 10.5. The van der Waals surface area contributed by atoms with Crippen LogP contribution >= 0.6 is 11.3 Å². The van der Waals surface area contributed by atoms with E-state index in [1.54, 1.807) is 17.5 Å². The molecule has 0 aliphatic carbocycles. The average molecular weight is 197 g/mol. The Morgan fingerprint density at radius 1 is 1.69 bits per heavy atom. The Hall–Kier alpha value is -1.13. The lowest BCUT2D eigenvalue weighted by Crippen LogP contribution is -1.96. The number of carbonyl (C=O) groups is 1. The molecule has 0 spiro atoms. The second kappa shape index (κ2) is 4.79. The lowest BCUT2D eigenvalue weighted by atomic mass is 10.2. The molecule has 13 heavy (non-hydrogen) atoms. The van der Waals surface area contributed by atoms with Gasteiger partial charge in [0.1, 0.15) is 0 Å². The van der Waals surface area contributed by atoms with Gasteiger partial charge < -0.3 is 10.8 Å². The summed E-state index contributed by atoms with van der Waals surface area (Å²) in [5.74, 6) is -0.881. The van der Waals surface area contributed by atoms with Gasteiger partial charge in [-0.15, -0.1) is 11.3 Å². The fourth-order valence-electron chi connectivity index (χ4n) is 0.913. The molecule has 70 valence electrons. The van der Waals surface area contributed by atoms with Gasteiger partial charge in [0.25, 0.3) is 0 Å². The summed E-state index contributed by atoms with van der Waals surface area (Å²) >= 11 is 1.42. The fourth-order valence-corrected chi connectivity index (χ4v) is 1.72. The molecule has 0 bridgehead atoms. The van der Waals surface area contributed by atoms with Crippen LogP contribution in [0.25, 0.3) is 6.08 Å². The molecule has 0 amide bonds. The van der Waals surface area contributed by atoms with Crippen molar-refractivity contribution in [3.8, 4) is 0 Å². The van der Waals surface area contributed by atoms with E-state index in [2.05, 4.69) is 0 Å². The molecule has 1 heterocycles. The summed E-state index contributed by atoms with van der Waals surface area (Å²) in [6.45, 7) is 0.588. The SMILES string of the molecule is NCCC=Cc1sccc1C(=O)O. The second-order valence-electron chi connectivity index (χ2n) is 2.48. The van der Waals surface area contributed by atoms with Crippen molar-refractivity contribution in [2.45, 2.75) is 6.42 Å². The summed E-state index contributed by atoms with van der Waals surface area (Å²) < 4.78 is 0. The van der Waals surface area contributed by atoms with Crippen molar-refractivity contribution in [3.63, 3.8) is 0 Å². The van der Waals surface area contributed by atoms with Crippen LogP contribution < -0.4 is 5.73 Å². The van der Waals surface area contributed by atoms with Crippen LogP contribution in [0.4, 0.5) is 0 Å². The van der Waals surface area contributed by atoms with E-state index in [4.69, 9.17) is 10.8 Å². The molecule has 0 saturated carbocycles. The average Bonchev–Trinajstić information content (AvgIpc) is 2.53. The molecule has 0 atom stereocenters. The van der Waals surface area contributed by atoms with Crippen molar-refractivity contribution in [2.75, 3.05) is 6.54 Å². The Balaban J connectivity index is 2.76. The summed E-state index contributed by atoms with van der Waals surface area (Å²) in [6, 6.07) is 1.61. The first-order chi connectivity index (χ1) is 6.25. The molecule has 3 N–H and O–H groups in total. The maximum Gasteiger partial charge on any atom is 0.337 e. The van der Waals surface area contributed by atoms with Crippen LogP contribution in [0.3, 0.4) is 0 Å². The topological polar surface area (TPSA) is 63.3 Å². The fraction of sp³-hybridized carbons (Fsp3) is 0.222. The van der Waals surface area contributed by atoms with Crippen LogP contribution in [0.2, 0.25) is 0 Å². The van der Waals surface area contributed by atoms with Crippen LogP contribution in [0.15, 0.2) is 17.5 Å². The van der Waals surface area contributed by atoms with Crippen LogP contribution in [-0.2, 0) is 0 Å². The number of rotatable bonds is 4. The number of carboxylic acid groups (broad SMARTS) is 1. The van der Waals surface area contributed by atoms with Crippen molar-refractivity contribution >= 4 is 23.4 Å². The first-order valence-electron chi connectivity index (χ1n) is 3.93. The minimum atomic E-state index is -0.881. The van der Waals surface area contributed by atoms with E-state index in [9.17, 15) is 4.79 Å². The van der Waals surface area contributed by atoms with E-state index in [0.717, 1.165) is 11.3 Å². The van der Waals surface area contributed by atoms with Crippen molar-refractivity contribution in [1.29, 1.82) is 0 Å². The number of thiophene rings is 1. The van der Waals surface area contributed by atoms with Gasteiger partial charge in [0.05, 0.1) is 5.56 Å². The van der Waals surface area contributed by atoms with Crippen LogP contribution in [0.5, 0.6) is 0 Å². The van der Waals surface area contributed by atoms with Gasteiger partial charge in [0, 0.05) is 4.88 Å². The van der Waals surface area contributed by atoms with Gasteiger partial charge in [0.15, 0.2) is 0 Å². The maximum absolute atomic E-state index is 10.7. The van der Waals surface area contributed by atoms with Crippen LogP contribution in [0, 0.1) is 0 Å². The molecular weight excluding hydrogens is 186 g/mol. The minimum Gasteiger partial charge on any atom is -0.478 e. The molecule has 0 aliphatic heterocycles. The van der Waals surface area contributed by atoms with Crippen molar-refractivity contribution in [1.82, 2.24) is 0 Å². The number of hydrogen-bond acceptors (Lipinski definition) is 3. The highest BCUT2D eigenvalue weighted by Crippen LogP contribution is 2.18. The smallest absolute Gasteiger partial charge is 0.337 e. The Labute approximate surface area is 80.5 Å². The predicted octanol–water partition coefficient (Wildman–Crippen LogP) is 1.81. The van der Waals surface area contributed by atoms with E-state index >= 15 is 0 Å². The highest BCUT2D eigenvalue weighted by Gasteiger charge is 2.07. The molecule has 3 nitrogen and oxygen atoms in total. The number of hydrogen-bond donors (Lipinski definition) is 2. The van der Waals surface area contributed by atoms with Crippen LogP contribution in [-0.4, -0.2) is 17.6 Å². The molecular formula is C9H11NO2S. The number of nitrogens with two attached hydrogens (primary N) is 1. The molecule has 1 rings (SSSR count). The second-order valence-corrected chi connectivity index (χ2v) is 3.43. The summed E-state index contributed by atoms with van der Waals surface area (Å²) in [4.78, 5) is 11.4. The Bertz CT molecular complexity index is 317. The molecule has 1 aromatic heterocycles. The molecule has 0 saturated heterocycles. The van der Waals surface area contributed by atoms with Gasteiger partial charge in [-0.3, -0.25) is 0 Å². The lowest BCUT2D eigenvalue weighted by molar-refractivity contribution is 0.0697. The molecule has 0 aromatic carbocycles. The van der Waals surface area contributed by atoms with Crippen molar-refractivity contribution < 1.29 is 9.90 Å². The molecule has 4 heteroatoms. The van der Waals surface area contributed by atoms with E-state index in [1.165, 1.54) is 11.3 Å². The van der Waals surface area contributed by atoms with Crippen LogP contribution in [0.1, 0.15) is 21.7 Å². The first kappa shape index (κ1) is 9.95. The van der Waals surface area contributed by atoms with Crippen molar-refractivity contribution in [2.24, 2.45) is 5.73 Å². The van der Waals surface area contributed by atoms with Gasteiger partial charge in [-0.05, 0) is 30.5 Å². The summed E-state index contributed by atoms with van der Waals surface area (Å²) in [5.41, 5.74) is 5.66. The van der Waals surface area contributed by atoms with Gasteiger partial charge in [0.2, 0.25) is 0 Å². The zero-order chi connectivity index (χ0) is 9.68. The Morgan fingerprint density at radius 2 is 2.46 bits per heavy atom. The monoisotopic (exact) mass is 197 g/mol. The van der Waals surface area contributed by atoms with E-state index < -0.39 is 5.97 Å². The van der Waals surface area contributed by atoms with Gasteiger partial charge >= 0.3 is 5.97 Å². The van der Waals surface area contributed by atoms with Crippen molar-refractivity contribution in [3.05, 3.63) is 28.0 Å². The standard InChI is InChI=1S/C9H11NO2S/c10-5-2-1-3-8-7(9(11)12)4-6-13-8/h1,3-4,6H,2,5,10H2,(H,11,12). The third-order valence-electron chi connectivity index (χ3n) is 1.53. The van der Waals surface area contributed by atoms with E-state index in [-0.39, 0.29) is 0 Å². The molecule has 0 fully saturated rings. The highest BCUT2D eigenvalue weighted by molar-refractivity contribution is 7.11. The minimum absolute atomic E-state index is 0.360. The molecule has 0 aliphatic rings. The summed E-state index contributed by atoms with van der Waals surface area (Å²) in [7, 11) is 0. The quantitative estimate of drug-likeness (QED) is 0.773.